The van der Waals surface area contributed by atoms with Gasteiger partial charge in [0, 0.05) is 37.8 Å². The van der Waals surface area contributed by atoms with Crippen molar-refractivity contribution in [1.82, 2.24) is 29.1 Å². The topological polar surface area (TPSA) is 116 Å². The van der Waals surface area contributed by atoms with E-state index in [1.165, 1.54) is 52.8 Å². The van der Waals surface area contributed by atoms with E-state index in [9.17, 15) is 18.8 Å². The van der Waals surface area contributed by atoms with Gasteiger partial charge in [0.25, 0.3) is 11.1 Å². The summed E-state index contributed by atoms with van der Waals surface area (Å²) >= 11 is 6.13. The summed E-state index contributed by atoms with van der Waals surface area (Å²) < 4.78 is 16.0. The number of amides is 1. The fourth-order valence-corrected chi connectivity index (χ4v) is 4.59. The second-order valence-electron chi connectivity index (χ2n) is 10.9. The second-order valence-corrected chi connectivity index (χ2v) is 11.4. The maximum Gasteiger partial charge on any atom is 0.273 e. The number of anilines is 1. The summed E-state index contributed by atoms with van der Waals surface area (Å²) in [6, 6.07) is 10.5. The molecule has 50 heavy (non-hydrogen) atoms. The number of unbranched alkanes of at least 4 members (excludes halogenated alkanes) is 1. The average molecular weight is 704 g/mol. The van der Waals surface area contributed by atoms with Crippen LogP contribution in [0.1, 0.15) is 76.8 Å². The molecule has 266 valence electrons. The molecule has 0 radical (unpaired) electrons. The Labute approximate surface area is 298 Å². The molecule has 1 saturated heterocycles. The summed E-state index contributed by atoms with van der Waals surface area (Å²) in [5, 5.41) is 0.672. The predicted molar refractivity (Wildman–Crippen MR) is 199 cm³/mol. The number of aromatic nitrogens is 6. The van der Waals surface area contributed by atoms with Gasteiger partial charge >= 0.3 is 0 Å². The lowest BCUT2D eigenvalue weighted by molar-refractivity contribution is -0.119. The number of carbonyl (C=O) groups is 1. The number of carbonyl (C=O) groups excluding carboxylic acids is 1. The van der Waals surface area contributed by atoms with Gasteiger partial charge < -0.3 is 4.90 Å². The first-order valence-electron chi connectivity index (χ1n) is 16.7. The predicted octanol–water partition coefficient (Wildman–Crippen LogP) is 8.01. The number of hydrogen-bond acceptors (Lipinski definition) is 7. The Balaban J connectivity index is 0.000000241. The average Bonchev–Trinajstić information content (AvgIpc) is 3.12. The fourth-order valence-electron chi connectivity index (χ4n) is 4.26. The molecule has 1 aliphatic heterocycles. The maximum atomic E-state index is 13.3. The molecule has 0 atom stereocenters. The highest BCUT2D eigenvalue weighted by molar-refractivity contribution is 6.33. The van der Waals surface area contributed by atoms with Crippen LogP contribution in [0.5, 0.6) is 0 Å². The Morgan fingerprint density at radius 2 is 1.34 bits per heavy atom. The van der Waals surface area contributed by atoms with Gasteiger partial charge in [-0.25, -0.2) is 14.4 Å². The minimum atomic E-state index is -0.323. The van der Waals surface area contributed by atoms with Gasteiger partial charge in [-0.15, -0.1) is 0 Å². The van der Waals surface area contributed by atoms with E-state index < -0.39 is 0 Å². The zero-order chi connectivity index (χ0) is 37.1. The summed E-state index contributed by atoms with van der Waals surface area (Å²) in [4.78, 5) is 51.6. The minimum absolute atomic E-state index is 0.187. The van der Waals surface area contributed by atoms with Crippen molar-refractivity contribution in [1.29, 1.82) is 0 Å². The minimum Gasteiger partial charge on any atom is -0.311 e. The zero-order valence-electron chi connectivity index (χ0n) is 29.9. The number of rotatable bonds is 4. The number of piperidine rings is 1. The summed E-state index contributed by atoms with van der Waals surface area (Å²) in [5.41, 5.74) is 3.20. The molecule has 1 aliphatic rings. The van der Waals surface area contributed by atoms with Gasteiger partial charge in [-0.2, -0.15) is 0 Å². The van der Waals surface area contributed by atoms with Crippen LogP contribution in [0.4, 0.5) is 10.1 Å². The third-order valence-electron chi connectivity index (χ3n) is 7.14. The van der Waals surface area contributed by atoms with Gasteiger partial charge in [0.05, 0.1) is 46.9 Å². The van der Waals surface area contributed by atoms with Crippen molar-refractivity contribution >= 4 is 23.2 Å². The van der Waals surface area contributed by atoms with Crippen molar-refractivity contribution in [2.75, 3.05) is 11.4 Å². The summed E-state index contributed by atoms with van der Waals surface area (Å²) in [5.74, 6) is 0.541. The highest BCUT2D eigenvalue weighted by atomic mass is 35.5. The number of halogens is 2. The van der Waals surface area contributed by atoms with Gasteiger partial charge in [-0.3, -0.25) is 33.5 Å². The van der Waals surface area contributed by atoms with Crippen molar-refractivity contribution in [2.24, 2.45) is 0 Å². The van der Waals surface area contributed by atoms with Crippen LogP contribution in [0.3, 0.4) is 0 Å². The van der Waals surface area contributed by atoms with Crippen molar-refractivity contribution in [3.05, 3.63) is 134 Å². The Morgan fingerprint density at radius 3 is 1.84 bits per heavy atom. The van der Waals surface area contributed by atoms with Crippen LogP contribution in [0.25, 0.3) is 11.4 Å². The first-order valence-corrected chi connectivity index (χ1v) is 17.1. The molecular weight excluding hydrogens is 657 g/mol. The normalized spacial score (nSPS) is 11.7. The molecule has 1 amide bonds. The lowest BCUT2D eigenvalue weighted by atomic mass is 10.1. The highest BCUT2D eigenvalue weighted by Gasteiger charge is 2.21. The van der Waals surface area contributed by atoms with E-state index in [0.29, 0.717) is 34.2 Å². The largest absolute Gasteiger partial charge is 0.311 e. The molecule has 1 fully saturated rings. The van der Waals surface area contributed by atoms with Crippen molar-refractivity contribution in [3.63, 3.8) is 0 Å². The van der Waals surface area contributed by atoms with Crippen molar-refractivity contribution < 1.29 is 9.18 Å². The third kappa shape index (κ3) is 12.8. The van der Waals surface area contributed by atoms with E-state index >= 15 is 0 Å². The SMILES string of the molecule is CC.CCCC.Cc1ccc(-n2ccncc2=O)cc1F.Cc1ccc(N2CCCCC2=O)c(Cl)c1.Cc1ncc(-n2ccncc2=O)cn1. The third-order valence-corrected chi connectivity index (χ3v) is 7.45. The van der Waals surface area contributed by atoms with Crippen LogP contribution in [-0.2, 0) is 4.79 Å². The molecular formula is C38H47ClFN7O3. The molecule has 0 bridgehead atoms. The van der Waals surface area contributed by atoms with E-state index in [4.69, 9.17) is 11.6 Å². The molecule has 12 heteroatoms. The number of benzene rings is 2. The molecule has 3 aromatic heterocycles. The Morgan fingerprint density at radius 1 is 0.760 bits per heavy atom. The molecule has 0 aliphatic carbocycles. The quantitative estimate of drug-likeness (QED) is 0.186. The van der Waals surface area contributed by atoms with Crippen LogP contribution < -0.4 is 16.0 Å². The van der Waals surface area contributed by atoms with Crippen LogP contribution >= 0.6 is 11.6 Å². The molecule has 0 spiro atoms. The molecule has 6 rings (SSSR count). The Bertz CT molecular complexity index is 1890. The number of nitrogens with zero attached hydrogens (tertiary/aromatic N) is 7. The van der Waals surface area contributed by atoms with E-state index in [1.807, 2.05) is 39.0 Å². The van der Waals surface area contributed by atoms with Crippen LogP contribution in [0.15, 0.2) is 95.6 Å². The lowest BCUT2D eigenvalue weighted by Gasteiger charge is -2.27. The van der Waals surface area contributed by atoms with E-state index in [-0.39, 0.29) is 22.8 Å². The van der Waals surface area contributed by atoms with E-state index in [2.05, 4.69) is 33.8 Å². The first-order chi connectivity index (χ1) is 24.0. The van der Waals surface area contributed by atoms with Crippen molar-refractivity contribution in [2.45, 2.75) is 80.6 Å². The van der Waals surface area contributed by atoms with Gasteiger partial charge in [0.1, 0.15) is 11.6 Å². The monoisotopic (exact) mass is 703 g/mol. The molecule has 5 aromatic rings. The van der Waals surface area contributed by atoms with Crippen LogP contribution in [0, 0.1) is 26.6 Å². The summed E-state index contributed by atoms with van der Waals surface area (Å²) in [7, 11) is 0. The smallest absolute Gasteiger partial charge is 0.273 e. The molecule has 0 N–H and O–H groups in total. The van der Waals surface area contributed by atoms with Gasteiger partial charge in [0.15, 0.2) is 0 Å². The lowest BCUT2D eigenvalue weighted by Crippen LogP contribution is -2.35. The van der Waals surface area contributed by atoms with E-state index in [0.717, 1.165) is 30.6 Å². The van der Waals surface area contributed by atoms with Crippen LogP contribution in [0.2, 0.25) is 5.02 Å². The Kier molecular flexibility index (Phi) is 18.0. The second kappa shape index (κ2) is 21.8. The molecule has 2 aromatic carbocycles. The molecule has 0 saturated carbocycles. The zero-order valence-corrected chi connectivity index (χ0v) is 30.7. The highest BCUT2D eigenvalue weighted by Crippen LogP contribution is 2.29. The van der Waals surface area contributed by atoms with Crippen molar-refractivity contribution in [3.8, 4) is 11.4 Å². The maximum absolute atomic E-state index is 13.3. The van der Waals surface area contributed by atoms with Gasteiger partial charge in [0.2, 0.25) is 5.91 Å². The molecule has 4 heterocycles. The molecule has 0 unspecified atom stereocenters. The summed E-state index contributed by atoms with van der Waals surface area (Å²) in [6.45, 7) is 14.6. The van der Waals surface area contributed by atoms with Gasteiger partial charge in [-0.05, 0) is 69.0 Å². The Hall–Kier alpha value is -5.03. The number of aryl methyl sites for hydroxylation is 3. The standard InChI is InChI=1S/C12H14ClNO.C11H9FN2O.C9H8N4O.C4H10.C2H6/c1-9-5-6-11(10(13)8-9)14-7-3-2-4-12(14)15;1-8-2-3-9(6-10(8)12)14-5-4-13-7-11(14)15;1-7-11-4-8(5-12-7)13-3-2-10-6-9(13)14;1-3-4-2;1-2/h5-6,8H,2-4,7H2,1H3;2-7H,1H3;2-6H,1H3;3-4H2,1-2H3;1-2H3. The van der Waals surface area contributed by atoms with Gasteiger partial charge in [-0.1, -0.05) is 64.3 Å². The summed E-state index contributed by atoms with van der Waals surface area (Å²) in [6.07, 6.45) is 17.1. The fraction of sp³-hybridized carbons (Fsp3) is 0.342. The van der Waals surface area contributed by atoms with E-state index in [1.54, 1.807) is 55.7 Å². The first kappa shape index (κ1) is 41.1. The van der Waals surface area contributed by atoms with Crippen LogP contribution in [-0.4, -0.2) is 41.5 Å². The molecule has 10 nitrogen and oxygen atoms in total. The number of hydrogen-bond donors (Lipinski definition) is 0.